The van der Waals surface area contributed by atoms with Gasteiger partial charge in [-0.25, -0.2) is 0 Å². The van der Waals surface area contributed by atoms with E-state index in [0.29, 0.717) is 0 Å². The summed E-state index contributed by atoms with van der Waals surface area (Å²) in [6, 6.07) is 3.74. The van der Waals surface area contributed by atoms with Gasteiger partial charge >= 0.3 is 0 Å². The molecule has 1 fully saturated rings. The van der Waals surface area contributed by atoms with Gasteiger partial charge in [0.05, 0.1) is 8.07 Å². The highest BCUT2D eigenvalue weighted by atomic mass is 28.3. The molecule has 0 spiro atoms. The largest absolute Gasteiger partial charge is 0.368 e. The van der Waals surface area contributed by atoms with Gasteiger partial charge in [-0.15, -0.1) is 0 Å². The van der Waals surface area contributed by atoms with Crippen LogP contribution in [-0.4, -0.2) is 23.0 Å². The Morgan fingerprint density at radius 2 is 1.60 bits per heavy atom. The maximum Gasteiger partial charge on any atom is 0.225 e. The van der Waals surface area contributed by atoms with Crippen molar-refractivity contribution in [2.24, 2.45) is 0 Å². The van der Waals surface area contributed by atoms with Gasteiger partial charge in [-0.1, -0.05) is 31.5 Å². The molecule has 1 aromatic heterocycles. The Balaban J connectivity index is 2.16. The molecule has 0 saturated carbocycles. The molecule has 6 heteroatoms. The molecule has 4 N–H and O–H groups in total. The first kappa shape index (κ1) is 10.3. The fourth-order valence-corrected chi connectivity index (χ4v) is 6.06. The number of anilines is 2. The SMILES string of the molecule is C[Si]1(Cc2nc(N)nc(N)n2)CCCC1. The summed E-state index contributed by atoms with van der Waals surface area (Å²) in [6.07, 6.45) is 2.72. The number of aromatic nitrogens is 3. The molecule has 5 nitrogen and oxygen atoms in total. The Hall–Kier alpha value is -1.17. The van der Waals surface area contributed by atoms with Gasteiger partial charge in [0.25, 0.3) is 0 Å². The summed E-state index contributed by atoms with van der Waals surface area (Å²) in [5.41, 5.74) is 11.1. The second-order valence-electron chi connectivity index (χ2n) is 4.66. The Kier molecular flexibility index (Phi) is 2.60. The fraction of sp³-hybridized carbons (Fsp3) is 0.667. The van der Waals surface area contributed by atoms with E-state index in [1.54, 1.807) is 0 Å². The van der Waals surface area contributed by atoms with Crippen molar-refractivity contribution in [1.82, 2.24) is 15.0 Å². The lowest BCUT2D eigenvalue weighted by molar-refractivity contribution is 0.935. The number of hydrogen-bond donors (Lipinski definition) is 2. The van der Waals surface area contributed by atoms with Crippen LogP contribution in [0.25, 0.3) is 0 Å². The summed E-state index contributed by atoms with van der Waals surface area (Å²) in [5.74, 6) is 1.28. The van der Waals surface area contributed by atoms with Gasteiger partial charge in [0, 0.05) is 6.04 Å². The van der Waals surface area contributed by atoms with E-state index in [9.17, 15) is 0 Å². The Labute approximate surface area is 90.3 Å². The van der Waals surface area contributed by atoms with Crippen molar-refractivity contribution in [3.05, 3.63) is 5.82 Å². The predicted molar refractivity (Wildman–Crippen MR) is 62.8 cm³/mol. The topological polar surface area (TPSA) is 90.7 Å². The van der Waals surface area contributed by atoms with Crippen LogP contribution in [0.5, 0.6) is 0 Å². The number of nitrogens with zero attached hydrogens (tertiary/aromatic N) is 3. The Morgan fingerprint density at radius 1 is 1.07 bits per heavy atom. The molecule has 15 heavy (non-hydrogen) atoms. The van der Waals surface area contributed by atoms with E-state index < -0.39 is 8.07 Å². The summed E-state index contributed by atoms with van der Waals surface area (Å²) in [4.78, 5) is 12.1. The molecule has 0 bridgehead atoms. The van der Waals surface area contributed by atoms with Gasteiger partial charge in [-0.05, 0) is 0 Å². The summed E-state index contributed by atoms with van der Waals surface area (Å²) in [7, 11) is -1.14. The molecular weight excluding hydrogens is 206 g/mol. The first-order valence-corrected chi connectivity index (χ1v) is 8.45. The zero-order chi connectivity index (χ0) is 10.9. The van der Waals surface area contributed by atoms with Crippen LogP contribution in [0, 0.1) is 0 Å². The molecule has 0 unspecified atom stereocenters. The second kappa shape index (κ2) is 3.77. The van der Waals surface area contributed by atoms with Crippen molar-refractivity contribution in [1.29, 1.82) is 0 Å². The highest BCUT2D eigenvalue weighted by Crippen LogP contribution is 2.31. The van der Waals surface area contributed by atoms with E-state index in [2.05, 4.69) is 21.5 Å². The molecule has 0 atom stereocenters. The molecule has 0 amide bonds. The van der Waals surface area contributed by atoms with Gasteiger partial charge < -0.3 is 11.5 Å². The van der Waals surface area contributed by atoms with E-state index in [4.69, 9.17) is 11.5 Å². The Morgan fingerprint density at radius 3 is 2.13 bits per heavy atom. The molecular formula is C9H17N5Si. The molecule has 0 radical (unpaired) electrons. The fourth-order valence-electron chi connectivity index (χ4n) is 2.32. The van der Waals surface area contributed by atoms with Crippen molar-refractivity contribution in [2.45, 2.75) is 37.5 Å². The van der Waals surface area contributed by atoms with Gasteiger partial charge in [-0.2, -0.15) is 15.0 Å². The third-order valence-corrected chi connectivity index (χ3v) is 7.40. The number of nitrogens with two attached hydrogens (primary N) is 2. The van der Waals surface area contributed by atoms with Crippen molar-refractivity contribution >= 4 is 20.0 Å². The highest BCUT2D eigenvalue weighted by Gasteiger charge is 2.32. The van der Waals surface area contributed by atoms with Crippen molar-refractivity contribution < 1.29 is 0 Å². The molecule has 1 aromatic rings. The van der Waals surface area contributed by atoms with Crippen LogP contribution in [0.4, 0.5) is 11.9 Å². The molecule has 82 valence electrons. The van der Waals surface area contributed by atoms with Crippen molar-refractivity contribution in [2.75, 3.05) is 11.5 Å². The minimum atomic E-state index is -1.14. The molecule has 0 aliphatic carbocycles. The molecule has 0 aromatic carbocycles. The van der Waals surface area contributed by atoms with E-state index >= 15 is 0 Å². The van der Waals surface area contributed by atoms with E-state index in [-0.39, 0.29) is 11.9 Å². The van der Waals surface area contributed by atoms with Crippen LogP contribution in [0.3, 0.4) is 0 Å². The molecule has 2 heterocycles. The summed E-state index contributed by atoms with van der Waals surface area (Å²) < 4.78 is 0. The van der Waals surface area contributed by atoms with Gasteiger partial charge in [0.15, 0.2) is 0 Å². The van der Waals surface area contributed by atoms with Crippen LogP contribution in [0.15, 0.2) is 0 Å². The van der Waals surface area contributed by atoms with Crippen LogP contribution in [0.1, 0.15) is 18.7 Å². The van der Waals surface area contributed by atoms with E-state index in [1.165, 1.54) is 24.9 Å². The zero-order valence-electron chi connectivity index (χ0n) is 9.03. The number of rotatable bonds is 2. The quantitative estimate of drug-likeness (QED) is 0.730. The third-order valence-electron chi connectivity index (χ3n) is 3.11. The zero-order valence-corrected chi connectivity index (χ0v) is 10.0. The standard InChI is InChI=1S/C9H17N5Si/c1-15(4-2-3-5-15)6-7-12-8(10)14-9(11)13-7/h2-6H2,1H3,(H4,10,11,12,13,14). The molecule has 1 aliphatic rings. The molecule has 2 rings (SSSR count). The minimum Gasteiger partial charge on any atom is -0.368 e. The maximum absolute atomic E-state index is 5.55. The van der Waals surface area contributed by atoms with Gasteiger partial charge in [0.2, 0.25) is 11.9 Å². The average molecular weight is 223 g/mol. The lowest BCUT2D eigenvalue weighted by Crippen LogP contribution is -2.30. The van der Waals surface area contributed by atoms with Crippen LogP contribution < -0.4 is 11.5 Å². The van der Waals surface area contributed by atoms with Gasteiger partial charge in [0.1, 0.15) is 5.82 Å². The Bertz CT molecular complexity index is 341. The third kappa shape index (κ3) is 2.44. The minimum absolute atomic E-state index is 0.244. The summed E-state index contributed by atoms with van der Waals surface area (Å²) in [6.45, 7) is 2.41. The van der Waals surface area contributed by atoms with E-state index in [0.717, 1.165) is 11.9 Å². The maximum atomic E-state index is 5.55. The molecule has 1 saturated heterocycles. The normalized spacial score (nSPS) is 19.3. The first-order chi connectivity index (χ1) is 7.07. The van der Waals surface area contributed by atoms with Crippen molar-refractivity contribution in [3.63, 3.8) is 0 Å². The lowest BCUT2D eigenvalue weighted by atomic mass is 10.4. The van der Waals surface area contributed by atoms with E-state index in [1.807, 2.05) is 0 Å². The van der Waals surface area contributed by atoms with Crippen LogP contribution in [0.2, 0.25) is 18.6 Å². The summed E-state index contributed by atoms with van der Waals surface area (Å²) in [5, 5.41) is 0. The van der Waals surface area contributed by atoms with Crippen molar-refractivity contribution in [3.8, 4) is 0 Å². The second-order valence-corrected chi connectivity index (χ2v) is 9.64. The number of hydrogen-bond acceptors (Lipinski definition) is 5. The highest BCUT2D eigenvalue weighted by molar-refractivity contribution is 6.78. The van der Waals surface area contributed by atoms with Gasteiger partial charge in [-0.3, -0.25) is 0 Å². The van der Waals surface area contributed by atoms with Crippen LogP contribution in [-0.2, 0) is 6.04 Å². The smallest absolute Gasteiger partial charge is 0.225 e. The lowest BCUT2D eigenvalue weighted by Gasteiger charge is -2.19. The average Bonchev–Trinajstić information content (AvgIpc) is 2.49. The van der Waals surface area contributed by atoms with Crippen LogP contribution >= 0.6 is 0 Å². The molecule has 1 aliphatic heterocycles. The summed E-state index contributed by atoms with van der Waals surface area (Å²) >= 11 is 0. The predicted octanol–water partition coefficient (Wildman–Crippen LogP) is 0.990. The first-order valence-electron chi connectivity index (χ1n) is 5.33. The number of nitrogen functional groups attached to an aromatic ring is 2. The monoisotopic (exact) mass is 223 g/mol.